The fraction of sp³-hybridized carbons (Fsp3) is 0.174. The molecular weight excluding hydrogens is 465 g/mol. The molecule has 0 unspecified atom stereocenters. The number of para-hydroxylation sites is 1. The maximum atomic E-state index is 13.5. The number of benzene rings is 3. The molecule has 4 rings (SSSR count). The first kappa shape index (κ1) is 22.9. The Labute approximate surface area is 192 Å². The van der Waals surface area contributed by atoms with Crippen molar-refractivity contribution < 1.29 is 21.2 Å². The first-order chi connectivity index (χ1) is 15.7. The zero-order valence-electron chi connectivity index (χ0n) is 17.7. The topological polar surface area (TPSA) is 95.9 Å². The fourth-order valence-electron chi connectivity index (χ4n) is 3.57. The van der Waals surface area contributed by atoms with E-state index in [4.69, 9.17) is 0 Å². The first-order valence-electron chi connectivity index (χ1n) is 10.2. The third kappa shape index (κ3) is 4.76. The van der Waals surface area contributed by atoms with Crippen molar-refractivity contribution in [1.29, 1.82) is 0 Å². The van der Waals surface area contributed by atoms with E-state index in [1.54, 1.807) is 42.5 Å². The molecule has 1 atom stereocenters. The van der Waals surface area contributed by atoms with Crippen molar-refractivity contribution in [2.45, 2.75) is 24.3 Å². The molecule has 0 aliphatic carbocycles. The fourth-order valence-corrected chi connectivity index (χ4v) is 5.68. The van der Waals surface area contributed by atoms with Crippen LogP contribution in [0, 0.1) is 5.82 Å². The van der Waals surface area contributed by atoms with Gasteiger partial charge in [0.2, 0.25) is 10.0 Å². The molecule has 10 heteroatoms. The van der Waals surface area contributed by atoms with Crippen LogP contribution in [0.15, 0.2) is 88.9 Å². The Morgan fingerprint density at radius 2 is 1.58 bits per heavy atom. The number of nitrogens with zero attached hydrogens (tertiary/aromatic N) is 2. The molecule has 172 valence electrons. The molecular formula is C23H22FN3O4S2. The van der Waals surface area contributed by atoms with Gasteiger partial charge >= 0.3 is 0 Å². The van der Waals surface area contributed by atoms with Crippen LogP contribution in [0.4, 0.5) is 10.1 Å². The third-order valence-corrected chi connectivity index (χ3v) is 8.29. The Morgan fingerprint density at radius 1 is 0.939 bits per heavy atom. The van der Waals surface area contributed by atoms with Crippen molar-refractivity contribution in [2.24, 2.45) is 5.10 Å². The van der Waals surface area contributed by atoms with Crippen LogP contribution in [0.3, 0.4) is 0 Å². The van der Waals surface area contributed by atoms with E-state index < -0.39 is 31.9 Å². The zero-order valence-corrected chi connectivity index (χ0v) is 19.4. The van der Waals surface area contributed by atoms with Crippen LogP contribution in [0.1, 0.15) is 30.5 Å². The number of halogens is 1. The van der Waals surface area contributed by atoms with Gasteiger partial charge in [-0.3, -0.25) is 4.72 Å². The Morgan fingerprint density at radius 3 is 2.24 bits per heavy atom. The molecule has 33 heavy (non-hydrogen) atoms. The predicted molar refractivity (Wildman–Crippen MR) is 125 cm³/mol. The van der Waals surface area contributed by atoms with Gasteiger partial charge in [0, 0.05) is 12.0 Å². The summed E-state index contributed by atoms with van der Waals surface area (Å²) in [6.45, 7) is 1.52. The van der Waals surface area contributed by atoms with Crippen LogP contribution >= 0.6 is 0 Å². The van der Waals surface area contributed by atoms with Gasteiger partial charge in [-0.25, -0.2) is 12.8 Å². The number of hydrogen-bond donors (Lipinski definition) is 1. The summed E-state index contributed by atoms with van der Waals surface area (Å²) in [6.07, 6.45) is 0.183. The molecule has 1 N–H and O–H groups in total. The smallest absolute Gasteiger partial charge is 0.279 e. The van der Waals surface area contributed by atoms with Crippen molar-refractivity contribution in [3.8, 4) is 0 Å². The van der Waals surface area contributed by atoms with Gasteiger partial charge in [-0.15, -0.1) is 0 Å². The van der Waals surface area contributed by atoms with E-state index in [1.807, 2.05) is 0 Å². The minimum atomic E-state index is -4.03. The van der Waals surface area contributed by atoms with E-state index in [0.717, 1.165) is 4.41 Å². The summed E-state index contributed by atoms with van der Waals surface area (Å²) in [5, 5.41) is 4.44. The molecule has 7 nitrogen and oxygen atoms in total. The van der Waals surface area contributed by atoms with Gasteiger partial charge in [-0.2, -0.15) is 17.9 Å². The van der Waals surface area contributed by atoms with Crippen LogP contribution in [-0.2, 0) is 20.0 Å². The molecule has 1 aliphatic heterocycles. The Kier molecular flexibility index (Phi) is 6.22. The largest absolute Gasteiger partial charge is 0.283 e. The average molecular weight is 488 g/mol. The highest BCUT2D eigenvalue weighted by molar-refractivity contribution is 7.92. The van der Waals surface area contributed by atoms with E-state index in [0.29, 0.717) is 22.5 Å². The summed E-state index contributed by atoms with van der Waals surface area (Å²) in [4.78, 5) is 0.0714. The van der Waals surface area contributed by atoms with E-state index in [9.17, 15) is 21.2 Å². The molecule has 1 aliphatic rings. The summed E-state index contributed by atoms with van der Waals surface area (Å²) in [6, 6.07) is 19.5. The van der Waals surface area contributed by atoms with E-state index in [2.05, 4.69) is 9.82 Å². The molecule has 0 bridgehead atoms. The van der Waals surface area contributed by atoms with Crippen LogP contribution in [0.25, 0.3) is 0 Å². The molecule has 0 amide bonds. The van der Waals surface area contributed by atoms with Crippen LogP contribution in [0.5, 0.6) is 0 Å². The number of rotatable bonds is 7. The molecule has 0 aromatic heterocycles. The lowest BCUT2D eigenvalue weighted by molar-refractivity contribution is 0.371. The summed E-state index contributed by atoms with van der Waals surface area (Å²) in [7, 11) is -7.58. The standard InChI is InChI=1S/C23H22FN3O4S2/c1-2-32(28,29)26-21-11-7-6-10-20(21)22-16-23(17-12-14-18(24)15-13-17)27(25-22)33(30,31)19-8-4-3-5-9-19/h3-15,23,26H,2,16H2,1H3/t23-/m0/s1. The number of sulfonamides is 2. The van der Waals surface area contributed by atoms with Crippen molar-refractivity contribution >= 4 is 31.4 Å². The number of nitrogens with one attached hydrogen (secondary N) is 1. The first-order valence-corrected chi connectivity index (χ1v) is 13.3. The highest BCUT2D eigenvalue weighted by Gasteiger charge is 2.38. The molecule has 0 saturated heterocycles. The lowest BCUT2D eigenvalue weighted by Crippen LogP contribution is -2.27. The van der Waals surface area contributed by atoms with Crippen molar-refractivity contribution in [3.05, 3.63) is 95.8 Å². The van der Waals surface area contributed by atoms with E-state index in [1.165, 1.54) is 43.3 Å². The molecule has 0 fully saturated rings. The number of hydrazone groups is 1. The SMILES string of the molecule is CCS(=O)(=O)Nc1ccccc1C1=NN(S(=O)(=O)c2ccccc2)[C@H](c2ccc(F)cc2)C1. The van der Waals surface area contributed by atoms with Crippen molar-refractivity contribution in [2.75, 3.05) is 10.5 Å². The number of hydrogen-bond acceptors (Lipinski definition) is 5. The maximum Gasteiger partial charge on any atom is 0.279 e. The van der Waals surface area contributed by atoms with Crippen LogP contribution < -0.4 is 4.72 Å². The van der Waals surface area contributed by atoms with Gasteiger partial charge in [0.1, 0.15) is 5.82 Å². The van der Waals surface area contributed by atoms with Gasteiger partial charge in [0.15, 0.2) is 0 Å². The summed E-state index contributed by atoms with van der Waals surface area (Å²) >= 11 is 0. The summed E-state index contributed by atoms with van der Waals surface area (Å²) in [5.74, 6) is -0.546. The van der Waals surface area contributed by atoms with Crippen LogP contribution in [-0.4, -0.2) is 32.7 Å². The van der Waals surface area contributed by atoms with Crippen LogP contribution in [0.2, 0.25) is 0 Å². The third-order valence-electron chi connectivity index (χ3n) is 5.30. The summed E-state index contributed by atoms with van der Waals surface area (Å²) < 4.78 is 68.3. The maximum absolute atomic E-state index is 13.5. The second-order valence-corrected chi connectivity index (χ2v) is 11.3. The number of anilines is 1. The Balaban J connectivity index is 1.82. The highest BCUT2D eigenvalue weighted by atomic mass is 32.2. The Bertz CT molecular complexity index is 1390. The quantitative estimate of drug-likeness (QED) is 0.542. The molecule has 3 aromatic rings. The average Bonchev–Trinajstić information content (AvgIpc) is 3.26. The second-order valence-electron chi connectivity index (χ2n) is 7.46. The monoisotopic (exact) mass is 487 g/mol. The normalized spacial score (nSPS) is 16.5. The molecule has 0 spiro atoms. The van der Waals surface area contributed by atoms with E-state index in [-0.39, 0.29) is 17.1 Å². The van der Waals surface area contributed by atoms with Gasteiger partial charge in [-0.05, 0) is 42.8 Å². The second kappa shape index (κ2) is 8.95. The summed E-state index contributed by atoms with van der Waals surface area (Å²) in [5.41, 5.74) is 1.77. The van der Waals surface area contributed by atoms with Gasteiger partial charge in [0.05, 0.1) is 28.1 Å². The van der Waals surface area contributed by atoms with Gasteiger partial charge in [-0.1, -0.05) is 48.5 Å². The zero-order chi connectivity index (χ0) is 23.6. The van der Waals surface area contributed by atoms with Crippen molar-refractivity contribution in [1.82, 2.24) is 4.41 Å². The van der Waals surface area contributed by atoms with E-state index >= 15 is 0 Å². The molecule has 0 radical (unpaired) electrons. The molecule has 3 aromatic carbocycles. The van der Waals surface area contributed by atoms with Gasteiger partial charge in [0.25, 0.3) is 10.0 Å². The minimum absolute atomic E-state index is 0.0714. The predicted octanol–water partition coefficient (Wildman–Crippen LogP) is 4.13. The molecule has 0 saturated carbocycles. The van der Waals surface area contributed by atoms with Gasteiger partial charge < -0.3 is 0 Å². The molecule has 1 heterocycles. The lowest BCUT2D eigenvalue weighted by Gasteiger charge is -2.23. The lowest BCUT2D eigenvalue weighted by atomic mass is 9.98. The van der Waals surface area contributed by atoms with Crippen molar-refractivity contribution in [3.63, 3.8) is 0 Å². The highest BCUT2D eigenvalue weighted by Crippen LogP contribution is 2.38. The minimum Gasteiger partial charge on any atom is -0.283 e. The Hall–Kier alpha value is -3.24.